The van der Waals surface area contributed by atoms with E-state index in [0.29, 0.717) is 5.92 Å². The van der Waals surface area contributed by atoms with Gasteiger partial charge in [-0.2, -0.15) is 0 Å². The second-order valence-corrected chi connectivity index (χ2v) is 3.48. The predicted molar refractivity (Wildman–Crippen MR) is 44.2 cm³/mol. The Balaban J connectivity index is 2.40. The van der Waals surface area contributed by atoms with E-state index in [0.717, 1.165) is 24.7 Å². The molecule has 1 aliphatic heterocycles. The van der Waals surface area contributed by atoms with Crippen molar-refractivity contribution in [1.29, 1.82) is 0 Å². The van der Waals surface area contributed by atoms with Crippen LogP contribution in [0.4, 0.5) is 0 Å². The smallest absolute Gasteiger partial charge is 0.222 e. The maximum atomic E-state index is 11.0. The molecule has 1 unspecified atom stereocenters. The van der Waals surface area contributed by atoms with Gasteiger partial charge in [-0.15, -0.1) is 0 Å². The van der Waals surface area contributed by atoms with E-state index in [9.17, 15) is 4.79 Å². The van der Waals surface area contributed by atoms with E-state index in [1.807, 2.05) is 11.9 Å². The number of amides is 1. The first-order valence-electron chi connectivity index (χ1n) is 3.54. The highest BCUT2D eigenvalue weighted by atomic mass is 79.9. The maximum Gasteiger partial charge on any atom is 0.222 e. The molecule has 1 aliphatic rings. The number of carbonyl (C=O) groups excluding carboxylic acids is 1. The topological polar surface area (TPSA) is 20.3 Å². The summed E-state index contributed by atoms with van der Waals surface area (Å²) in [6, 6.07) is 0. The van der Waals surface area contributed by atoms with Crippen LogP contribution in [0.5, 0.6) is 0 Å². The van der Waals surface area contributed by atoms with Crippen LogP contribution in [0.2, 0.25) is 0 Å². The zero-order chi connectivity index (χ0) is 7.56. The molecule has 1 amide bonds. The van der Waals surface area contributed by atoms with Crippen molar-refractivity contribution < 1.29 is 4.79 Å². The Morgan fingerprint density at radius 1 is 1.80 bits per heavy atom. The van der Waals surface area contributed by atoms with Gasteiger partial charge in [0.2, 0.25) is 5.91 Å². The van der Waals surface area contributed by atoms with Crippen LogP contribution >= 0.6 is 15.9 Å². The molecule has 3 heteroatoms. The molecule has 58 valence electrons. The number of piperidine rings is 1. The van der Waals surface area contributed by atoms with Crippen LogP contribution in [0.1, 0.15) is 12.8 Å². The standard InChI is InChI=1S/C7H12BrNO/c1-9-5-6(4-8)2-3-7(9)10/h6H,2-5H2,1H3. The summed E-state index contributed by atoms with van der Waals surface area (Å²) < 4.78 is 0. The van der Waals surface area contributed by atoms with Crippen molar-refractivity contribution >= 4 is 21.8 Å². The molecule has 0 radical (unpaired) electrons. The maximum absolute atomic E-state index is 11.0. The van der Waals surface area contributed by atoms with Crippen molar-refractivity contribution in [2.45, 2.75) is 12.8 Å². The SMILES string of the molecule is CN1CC(CBr)CCC1=O. The molecule has 10 heavy (non-hydrogen) atoms. The molecule has 0 spiro atoms. The first-order valence-corrected chi connectivity index (χ1v) is 4.66. The van der Waals surface area contributed by atoms with Crippen molar-refractivity contribution in [2.75, 3.05) is 18.9 Å². The zero-order valence-corrected chi connectivity index (χ0v) is 7.73. The van der Waals surface area contributed by atoms with E-state index in [2.05, 4.69) is 15.9 Å². The minimum atomic E-state index is 0.289. The summed E-state index contributed by atoms with van der Waals surface area (Å²) in [5.74, 6) is 0.958. The van der Waals surface area contributed by atoms with Crippen LogP contribution in [-0.2, 0) is 4.79 Å². The highest BCUT2D eigenvalue weighted by Crippen LogP contribution is 2.17. The van der Waals surface area contributed by atoms with E-state index in [4.69, 9.17) is 0 Å². The molecule has 0 aromatic heterocycles. The van der Waals surface area contributed by atoms with Crippen LogP contribution in [0.3, 0.4) is 0 Å². The molecule has 1 saturated heterocycles. The first kappa shape index (κ1) is 8.05. The van der Waals surface area contributed by atoms with E-state index < -0.39 is 0 Å². The van der Waals surface area contributed by atoms with Gasteiger partial charge in [-0.1, -0.05) is 15.9 Å². The summed E-state index contributed by atoms with van der Waals surface area (Å²) in [5.41, 5.74) is 0. The number of alkyl halides is 1. The van der Waals surface area contributed by atoms with E-state index in [-0.39, 0.29) is 5.91 Å². The lowest BCUT2D eigenvalue weighted by atomic mass is 10.0. The van der Waals surface area contributed by atoms with Gasteiger partial charge in [-0.25, -0.2) is 0 Å². The fourth-order valence-electron chi connectivity index (χ4n) is 1.22. The van der Waals surface area contributed by atoms with Crippen LogP contribution < -0.4 is 0 Å². The average Bonchev–Trinajstić information content (AvgIpc) is 1.95. The molecular formula is C7H12BrNO. The van der Waals surface area contributed by atoms with Crippen LogP contribution in [0, 0.1) is 5.92 Å². The third kappa shape index (κ3) is 1.72. The van der Waals surface area contributed by atoms with Gasteiger partial charge in [-0.3, -0.25) is 4.79 Å². The number of rotatable bonds is 1. The number of hydrogen-bond donors (Lipinski definition) is 0. The van der Waals surface area contributed by atoms with Gasteiger partial charge in [0.05, 0.1) is 0 Å². The van der Waals surface area contributed by atoms with Crippen molar-refractivity contribution in [2.24, 2.45) is 5.92 Å². The molecule has 1 rings (SSSR count). The van der Waals surface area contributed by atoms with Crippen molar-refractivity contribution in [3.8, 4) is 0 Å². The summed E-state index contributed by atoms with van der Waals surface area (Å²) >= 11 is 3.42. The second kappa shape index (κ2) is 3.37. The summed E-state index contributed by atoms with van der Waals surface area (Å²) in [6.07, 6.45) is 1.78. The summed E-state index contributed by atoms with van der Waals surface area (Å²) in [7, 11) is 1.87. The summed E-state index contributed by atoms with van der Waals surface area (Å²) in [4.78, 5) is 12.8. The fourth-order valence-corrected chi connectivity index (χ4v) is 1.75. The Bertz CT molecular complexity index is 138. The highest BCUT2D eigenvalue weighted by molar-refractivity contribution is 9.09. The van der Waals surface area contributed by atoms with Crippen molar-refractivity contribution in [1.82, 2.24) is 4.90 Å². The number of halogens is 1. The van der Waals surface area contributed by atoms with Gasteiger partial charge < -0.3 is 4.90 Å². The van der Waals surface area contributed by atoms with Crippen molar-refractivity contribution in [3.05, 3.63) is 0 Å². The van der Waals surface area contributed by atoms with Crippen molar-refractivity contribution in [3.63, 3.8) is 0 Å². The quantitative estimate of drug-likeness (QED) is 0.591. The van der Waals surface area contributed by atoms with E-state index >= 15 is 0 Å². The number of hydrogen-bond acceptors (Lipinski definition) is 1. The Morgan fingerprint density at radius 3 is 3.00 bits per heavy atom. The molecule has 0 saturated carbocycles. The lowest BCUT2D eigenvalue weighted by molar-refractivity contribution is -0.132. The molecular weight excluding hydrogens is 194 g/mol. The third-order valence-corrected chi connectivity index (χ3v) is 2.86. The molecule has 0 N–H and O–H groups in total. The fraction of sp³-hybridized carbons (Fsp3) is 0.857. The Labute approximate surface area is 69.7 Å². The molecule has 1 heterocycles. The lowest BCUT2D eigenvalue weighted by Crippen LogP contribution is -2.37. The normalized spacial score (nSPS) is 27.2. The van der Waals surface area contributed by atoms with E-state index in [1.165, 1.54) is 0 Å². The molecule has 0 aromatic rings. The second-order valence-electron chi connectivity index (χ2n) is 2.83. The van der Waals surface area contributed by atoms with Gasteiger partial charge in [0.1, 0.15) is 0 Å². The Hall–Kier alpha value is -0.0500. The Kier molecular flexibility index (Phi) is 2.72. The molecule has 0 aromatic carbocycles. The largest absolute Gasteiger partial charge is 0.345 e. The predicted octanol–water partition coefficient (Wildman–Crippen LogP) is 1.25. The van der Waals surface area contributed by atoms with Gasteiger partial charge in [0.15, 0.2) is 0 Å². The number of nitrogens with zero attached hydrogens (tertiary/aromatic N) is 1. The molecule has 1 atom stereocenters. The average molecular weight is 206 g/mol. The Morgan fingerprint density at radius 2 is 2.50 bits per heavy atom. The molecule has 2 nitrogen and oxygen atoms in total. The molecule has 0 aliphatic carbocycles. The number of carbonyl (C=O) groups is 1. The van der Waals surface area contributed by atoms with Crippen LogP contribution in [0.25, 0.3) is 0 Å². The lowest BCUT2D eigenvalue weighted by Gasteiger charge is -2.28. The third-order valence-electron chi connectivity index (χ3n) is 1.94. The molecule has 1 fully saturated rings. The minimum absolute atomic E-state index is 0.289. The van der Waals surface area contributed by atoms with Gasteiger partial charge in [-0.05, 0) is 12.3 Å². The van der Waals surface area contributed by atoms with Gasteiger partial charge >= 0.3 is 0 Å². The molecule has 0 bridgehead atoms. The summed E-state index contributed by atoms with van der Waals surface area (Å²) in [6.45, 7) is 0.921. The first-order chi connectivity index (χ1) is 4.74. The monoisotopic (exact) mass is 205 g/mol. The highest BCUT2D eigenvalue weighted by Gasteiger charge is 2.21. The van der Waals surface area contributed by atoms with Crippen LogP contribution in [0.15, 0.2) is 0 Å². The van der Waals surface area contributed by atoms with E-state index in [1.54, 1.807) is 0 Å². The minimum Gasteiger partial charge on any atom is -0.345 e. The zero-order valence-electron chi connectivity index (χ0n) is 6.14. The van der Waals surface area contributed by atoms with Gasteiger partial charge in [0.25, 0.3) is 0 Å². The van der Waals surface area contributed by atoms with Crippen LogP contribution in [-0.4, -0.2) is 29.7 Å². The number of likely N-dealkylation sites (tertiary alicyclic amines) is 1. The van der Waals surface area contributed by atoms with Gasteiger partial charge in [0, 0.05) is 25.3 Å². The summed E-state index contributed by atoms with van der Waals surface area (Å²) in [5, 5.41) is 1.02.